The second-order valence-corrected chi connectivity index (χ2v) is 8.22. The molecule has 0 aliphatic heterocycles. The van der Waals surface area contributed by atoms with E-state index in [1.807, 2.05) is 50.2 Å². The number of aryl methyl sites for hydroxylation is 3. The van der Waals surface area contributed by atoms with Gasteiger partial charge in [0.2, 0.25) is 9.84 Å². The van der Waals surface area contributed by atoms with E-state index in [1.165, 1.54) is 0 Å². The normalized spacial score (nSPS) is 11.3. The predicted octanol–water partition coefficient (Wildman–Crippen LogP) is 4.45. The molecule has 0 aliphatic rings. The van der Waals surface area contributed by atoms with Gasteiger partial charge < -0.3 is 5.32 Å². The highest BCUT2D eigenvalue weighted by Gasteiger charge is 2.26. The number of pyridine rings is 1. The van der Waals surface area contributed by atoms with Crippen LogP contribution in [0.1, 0.15) is 22.4 Å². The van der Waals surface area contributed by atoms with E-state index in [9.17, 15) is 8.42 Å². The molecule has 1 N–H and O–H groups in total. The Morgan fingerprint density at radius 2 is 1.54 bits per heavy atom. The SMILES string of the molecule is Cc1cc(C)c(S(=O)(=O)c2ccccc2C)c(NCc2ccccc2)n1. The molecule has 0 atom stereocenters. The van der Waals surface area contributed by atoms with E-state index < -0.39 is 9.84 Å². The lowest BCUT2D eigenvalue weighted by molar-refractivity contribution is 0.594. The van der Waals surface area contributed by atoms with Crippen LogP contribution in [0.2, 0.25) is 0 Å². The Morgan fingerprint density at radius 1 is 0.885 bits per heavy atom. The summed E-state index contributed by atoms with van der Waals surface area (Å²) in [5.41, 5.74) is 3.26. The molecule has 0 spiro atoms. The number of hydrogen-bond donors (Lipinski definition) is 1. The molecule has 1 heterocycles. The molecule has 0 bridgehead atoms. The van der Waals surface area contributed by atoms with E-state index in [0.29, 0.717) is 22.8 Å². The van der Waals surface area contributed by atoms with Gasteiger partial charge in [-0.15, -0.1) is 0 Å². The molecule has 0 fully saturated rings. The van der Waals surface area contributed by atoms with Gasteiger partial charge >= 0.3 is 0 Å². The van der Waals surface area contributed by atoms with Crippen molar-refractivity contribution in [1.82, 2.24) is 4.98 Å². The fraction of sp³-hybridized carbons (Fsp3) is 0.190. The van der Waals surface area contributed by atoms with Crippen molar-refractivity contribution in [3.05, 3.63) is 83.0 Å². The third-order valence-electron chi connectivity index (χ3n) is 4.24. The summed E-state index contributed by atoms with van der Waals surface area (Å²) in [6, 6.07) is 18.7. The minimum absolute atomic E-state index is 0.244. The van der Waals surface area contributed by atoms with Crippen LogP contribution in [0.4, 0.5) is 5.82 Å². The first kappa shape index (κ1) is 18.1. The number of anilines is 1. The Labute approximate surface area is 154 Å². The number of aromatic nitrogens is 1. The summed E-state index contributed by atoms with van der Waals surface area (Å²) in [5, 5.41) is 3.22. The molecule has 2 aromatic carbocycles. The molecule has 3 aromatic rings. The Hall–Kier alpha value is -2.66. The first-order valence-corrected chi connectivity index (χ1v) is 9.94. The molecule has 5 heteroatoms. The largest absolute Gasteiger partial charge is 0.365 e. The molecule has 0 aliphatic carbocycles. The highest BCUT2D eigenvalue weighted by molar-refractivity contribution is 7.91. The van der Waals surface area contributed by atoms with Gasteiger partial charge in [0.05, 0.1) is 4.90 Å². The van der Waals surface area contributed by atoms with Crippen LogP contribution in [-0.2, 0) is 16.4 Å². The molecule has 0 unspecified atom stereocenters. The van der Waals surface area contributed by atoms with Gasteiger partial charge in [0.1, 0.15) is 10.7 Å². The van der Waals surface area contributed by atoms with Gasteiger partial charge in [0.25, 0.3) is 0 Å². The number of benzene rings is 2. The van der Waals surface area contributed by atoms with E-state index in [-0.39, 0.29) is 4.90 Å². The van der Waals surface area contributed by atoms with Gasteiger partial charge in [-0.05, 0) is 49.6 Å². The first-order chi connectivity index (χ1) is 12.4. The van der Waals surface area contributed by atoms with Crippen molar-refractivity contribution in [3.63, 3.8) is 0 Å². The summed E-state index contributed by atoms with van der Waals surface area (Å²) in [6.07, 6.45) is 0. The number of nitrogens with one attached hydrogen (secondary N) is 1. The maximum Gasteiger partial charge on any atom is 0.210 e. The Bertz CT molecular complexity index is 1030. The maximum atomic E-state index is 13.3. The average Bonchev–Trinajstić information content (AvgIpc) is 2.60. The molecule has 1 aromatic heterocycles. The number of rotatable bonds is 5. The number of hydrogen-bond acceptors (Lipinski definition) is 4. The summed E-state index contributed by atoms with van der Waals surface area (Å²) in [4.78, 5) is 5.04. The average molecular weight is 366 g/mol. The van der Waals surface area contributed by atoms with Crippen molar-refractivity contribution in [2.75, 3.05) is 5.32 Å². The monoisotopic (exact) mass is 366 g/mol. The molecular formula is C21H22N2O2S. The molecule has 3 rings (SSSR count). The van der Waals surface area contributed by atoms with Gasteiger partial charge in [-0.25, -0.2) is 13.4 Å². The lowest BCUT2D eigenvalue weighted by Crippen LogP contribution is -2.13. The number of sulfone groups is 1. The lowest BCUT2D eigenvalue weighted by Gasteiger charge is -2.16. The summed E-state index contributed by atoms with van der Waals surface area (Å²) < 4.78 is 26.7. The summed E-state index contributed by atoms with van der Waals surface area (Å²) in [7, 11) is -3.68. The van der Waals surface area contributed by atoms with E-state index in [1.54, 1.807) is 31.2 Å². The Balaban J connectivity index is 2.08. The molecule has 0 saturated heterocycles. The second kappa shape index (κ2) is 7.30. The van der Waals surface area contributed by atoms with Crippen LogP contribution >= 0.6 is 0 Å². The van der Waals surface area contributed by atoms with Gasteiger partial charge in [0.15, 0.2) is 0 Å². The van der Waals surface area contributed by atoms with Crippen LogP contribution in [0.3, 0.4) is 0 Å². The molecule has 0 amide bonds. The minimum atomic E-state index is -3.68. The van der Waals surface area contributed by atoms with Gasteiger partial charge in [-0.3, -0.25) is 0 Å². The lowest BCUT2D eigenvalue weighted by atomic mass is 10.2. The molecular weight excluding hydrogens is 344 g/mol. The van der Waals surface area contributed by atoms with Crippen molar-refractivity contribution in [3.8, 4) is 0 Å². The zero-order chi connectivity index (χ0) is 18.7. The topological polar surface area (TPSA) is 59.1 Å². The van der Waals surface area contributed by atoms with E-state index in [4.69, 9.17) is 0 Å². The predicted molar refractivity (Wildman–Crippen MR) is 104 cm³/mol. The standard InChI is InChI=1S/C21H22N2O2S/c1-15-9-7-8-12-19(15)26(24,25)20-16(2)13-17(3)23-21(20)22-14-18-10-5-4-6-11-18/h4-13H,14H2,1-3H3,(H,22,23). The van der Waals surface area contributed by atoms with Crippen molar-refractivity contribution in [2.45, 2.75) is 37.1 Å². The van der Waals surface area contributed by atoms with Crippen LogP contribution in [0, 0.1) is 20.8 Å². The second-order valence-electron chi connectivity index (χ2n) is 6.37. The van der Waals surface area contributed by atoms with Crippen molar-refractivity contribution in [1.29, 1.82) is 0 Å². The van der Waals surface area contributed by atoms with Gasteiger partial charge in [-0.2, -0.15) is 0 Å². The Kier molecular flexibility index (Phi) is 5.09. The molecule has 134 valence electrons. The van der Waals surface area contributed by atoms with Crippen LogP contribution in [0.5, 0.6) is 0 Å². The summed E-state index contributed by atoms with van der Waals surface area (Å²) in [6.45, 7) is 5.99. The molecule has 0 radical (unpaired) electrons. The molecule has 26 heavy (non-hydrogen) atoms. The van der Waals surface area contributed by atoms with E-state index >= 15 is 0 Å². The van der Waals surface area contributed by atoms with E-state index in [2.05, 4.69) is 10.3 Å². The minimum Gasteiger partial charge on any atom is -0.365 e. The van der Waals surface area contributed by atoms with Crippen LogP contribution in [-0.4, -0.2) is 13.4 Å². The molecule has 4 nitrogen and oxygen atoms in total. The van der Waals surface area contributed by atoms with Crippen LogP contribution in [0.15, 0.2) is 70.5 Å². The summed E-state index contributed by atoms with van der Waals surface area (Å²) >= 11 is 0. The van der Waals surface area contributed by atoms with Crippen molar-refractivity contribution >= 4 is 15.7 Å². The highest BCUT2D eigenvalue weighted by atomic mass is 32.2. The highest BCUT2D eigenvalue weighted by Crippen LogP contribution is 2.31. The zero-order valence-electron chi connectivity index (χ0n) is 15.2. The summed E-state index contributed by atoms with van der Waals surface area (Å²) in [5.74, 6) is 0.398. The van der Waals surface area contributed by atoms with Gasteiger partial charge in [-0.1, -0.05) is 48.5 Å². The molecule has 0 saturated carbocycles. The fourth-order valence-electron chi connectivity index (χ4n) is 3.03. The number of nitrogens with zero attached hydrogens (tertiary/aromatic N) is 1. The van der Waals surface area contributed by atoms with Crippen LogP contribution < -0.4 is 5.32 Å². The fourth-order valence-corrected chi connectivity index (χ4v) is 4.86. The first-order valence-electron chi connectivity index (χ1n) is 8.46. The van der Waals surface area contributed by atoms with Gasteiger partial charge in [0, 0.05) is 12.2 Å². The van der Waals surface area contributed by atoms with Crippen molar-refractivity contribution < 1.29 is 8.42 Å². The third-order valence-corrected chi connectivity index (χ3v) is 6.33. The Morgan fingerprint density at radius 3 is 2.23 bits per heavy atom. The zero-order valence-corrected chi connectivity index (χ0v) is 16.0. The quantitative estimate of drug-likeness (QED) is 0.725. The van der Waals surface area contributed by atoms with Crippen molar-refractivity contribution in [2.24, 2.45) is 0 Å². The van der Waals surface area contributed by atoms with E-state index in [0.717, 1.165) is 16.8 Å². The third kappa shape index (κ3) is 3.63. The maximum absolute atomic E-state index is 13.3. The smallest absolute Gasteiger partial charge is 0.210 e. The van der Waals surface area contributed by atoms with Crippen LogP contribution in [0.25, 0.3) is 0 Å².